The van der Waals surface area contributed by atoms with Crippen LogP contribution in [0.5, 0.6) is 0 Å². The number of halogens is 4. The fraction of sp³-hybridized carbons (Fsp3) is 0.556. The number of para-hydroxylation sites is 1. The topological polar surface area (TPSA) is 19.0 Å². The number of nitrogens with zero attached hydrogens (tertiary/aromatic N) is 3. The molecule has 2 aliphatic heterocycles. The molecule has 1 fully saturated rings. The Morgan fingerprint density at radius 1 is 0.861 bits per heavy atom. The number of anilines is 2. The summed E-state index contributed by atoms with van der Waals surface area (Å²) in [5.74, 6) is 0. The van der Waals surface area contributed by atoms with Crippen LogP contribution in [0.25, 0.3) is 0 Å². The number of ether oxygens (including phenoxy) is 1. The summed E-state index contributed by atoms with van der Waals surface area (Å²) in [6.45, 7) is 11.8. The van der Waals surface area contributed by atoms with Crippen molar-refractivity contribution < 1.29 is 17.9 Å². The van der Waals surface area contributed by atoms with Gasteiger partial charge in [-0.05, 0) is 56.1 Å². The van der Waals surface area contributed by atoms with Gasteiger partial charge < -0.3 is 14.5 Å². The molecule has 0 radical (unpaired) electrons. The number of benzene rings is 2. The molecule has 0 aliphatic carbocycles. The zero-order chi connectivity index (χ0) is 24.8. The zero-order valence-corrected chi connectivity index (χ0v) is 22.7. The zero-order valence-electron chi connectivity index (χ0n) is 21.1. The van der Waals surface area contributed by atoms with Crippen molar-refractivity contribution in [2.45, 2.75) is 55.2 Å². The molecule has 0 saturated carbocycles. The lowest BCUT2D eigenvalue weighted by atomic mass is 10.1. The van der Waals surface area contributed by atoms with Crippen molar-refractivity contribution in [2.24, 2.45) is 0 Å². The number of hydrogen-bond donors (Lipinski definition) is 0. The maximum absolute atomic E-state index is 13.4. The Morgan fingerprint density at radius 2 is 1.50 bits per heavy atom. The minimum Gasteiger partial charge on any atom is -0.377 e. The Kier molecular flexibility index (Phi) is 10.8. The molecule has 0 aromatic heterocycles. The highest BCUT2D eigenvalue weighted by atomic mass is 35.5. The van der Waals surface area contributed by atoms with Crippen molar-refractivity contribution >= 4 is 35.5 Å². The van der Waals surface area contributed by atoms with Crippen LogP contribution in [-0.4, -0.2) is 68.3 Å². The second kappa shape index (κ2) is 13.4. The molecule has 1 saturated heterocycles. The van der Waals surface area contributed by atoms with Crippen molar-refractivity contribution in [1.82, 2.24) is 9.80 Å². The van der Waals surface area contributed by atoms with E-state index in [2.05, 4.69) is 28.5 Å². The summed E-state index contributed by atoms with van der Waals surface area (Å²) in [6, 6.07) is 12.1. The Morgan fingerprint density at radius 3 is 2.17 bits per heavy atom. The maximum Gasteiger partial charge on any atom is 0.416 e. The highest BCUT2D eigenvalue weighted by Gasteiger charge is 2.33. The monoisotopic (exact) mass is 543 g/mol. The fourth-order valence-electron chi connectivity index (χ4n) is 4.81. The number of piperazine rings is 1. The number of rotatable bonds is 10. The molecule has 2 aromatic carbocycles. The summed E-state index contributed by atoms with van der Waals surface area (Å²) < 4.78 is 46.2. The van der Waals surface area contributed by atoms with E-state index in [1.165, 1.54) is 12.1 Å². The third-order valence-corrected chi connectivity index (χ3v) is 8.08. The Labute approximate surface area is 223 Å². The molecule has 0 bridgehead atoms. The first kappa shape index (κ1) is 29.1. The van der Waals surface area contributed by atoms with E-state index in [4.69, 9.17) is 4.74 Å². The SMILES string of the molecule is CCC(CC)OCCN1CCN(CCCN2c3ccccc3Sc3ccc(C(F)(F)F)cc32)CC1.Cl. The lowest BCUT2D eigenvalue weighted by Gasteiger charge is -2.36. The van der Waals surface area contributed by atoms with Gasteiger partial charge in [-0.25, -0.2) is 0 Å². The van der Waals surface area contributed by atoms with Gasteiger partial charge >= 0.3 is 6.18 Å². The summed E-state index contributed by atoms with van der Waals surface area (Å²) in [7, 11) is 0. The minimum absolute atomic E-state index is 0. The third-order valence-electron chi connectivity index (χ3n) is 6.95. The Bertz CT molecular complexity index is 966. The van der Waals surface area contributed by atoms with Crippen molar-refractivity contribution in [2.75, 3.05) is 57.3 Å². The van der Waals surface area contributed by atoms with Crippen LogP contribution in [0.15, 0.2) is 52.3 Å². The highest BCUT2D eigenvalue weighted by molar-refractivity contribution is 7.99. The van der Waals surface area contributed by atoms with Crippen molar-refractivity contribution in [3.8, 4) is 0 Å². The quantitative estimate of drug-likeness (QED) is 0.322. The van der Waals surface area contributed by atoms with Gasteiger partial charge in [0.25, 0.3) is 0 Å². The Balaban J connectivity index is 0.00000361. The van der Waals surface area contributed by atoms with E-state index in [-0.39, 0.29) is 12.4 Å². The molecule has 4 rings (SSSR count). The van der Waals surface area contributed by atoms with Crippen LogP contribution < -0.4 is 4.90 Å². The number of hydrogen-bond acceptors (Lipinski definition) is 5. The molecular formula is C27H37ClF3N3OS. The number of alkyl halides is 3. The molecule has 4 nitrogen and oxygen atoms in total. The van der Waals surface area contributed by atoms with E-state index in [0.717, 1.165) is 80.6 Å². The van der Waals surface area contributed by atoms with Crippen LogP contribution in [0.4, 0.5) is 24.5 Å². The molecule has 0 atom stereocenters. The molecule has 9 heteroatoms. The van der Waals surface area contributed by atoms with Gasteiger partial charge in [0.15, 0.2) is 0 Å². The van der Waals surface area contributed by atoms with Crippen LogP contribution in [0.3, 0.4) is 0 Å². The third kappa shape index (κ3) is 7.32. The van der Waals surface area contributed by atoms with Gasteiger partial charge in [0.1, 0.15) is 0 Å². The molecule has 2 heterocycles. The Hall–Kier alpha value is -1.45. The van der Waals surface area contributed by atoms with Crippen LogP contribution in [0, 0.1) is 0 Å². The second-order valence-electron chi connectivity index (χ2n) is 9.25. The van der Waals surface area contributed by atoms with Crippen LogP contribution in [0.2, 0.25) is 0 Å². The standard InChI is InChI=1S/C27H36F3N3OS.ClH/c1-3-22(4-2)34-19-18-32-16-14-31(15-17-32)12-7-13-33-23-8-5-6-9-25(23)35-26-11-10-21(20-24(26)33)27(28,29)30;/h5-6,8-11,20,22H,3-4,7,12-19H2,1-2H3;1H. The molecule has 0 amide bonds. The molecule has 36 heavy (non-hydrogen) atoms. The second-order valence-corrected chi connectivity index (χ2v) is 10.3. The molecule has 200 valence electrons. The van der Waals surface area contributed by atoms with Gasteiger partial charge in [0, 0.05) is 49.1 Å². The van der Waals surface area contributed by atoms with Gasteiger partial charge in [-0.3, -0.25) is 4.90 Å². The van der Waals surface area contributed by atoms with Crippen LogP contribution >= 0.6 is 24.2 Å². The van der Waals surface area contributed by atoms with E-state index in [1.54, 1.807) is 17.8 Å². The summed E-state index contributed by atoms with van der Waals surface area (Å²) in [5.41, 5.74) is 1.06. The highest BCUT2D eigenvalue weighted by Crippen LogP contribution is 2.49. The van der Waals surface area contributed by atoms with E-state index in [9.17, 15) is 13.2 Å². The van der Waals surface area contributed by atoms with E-state index in [0.29, 0.717) is 18.3 Å². The molecule has 2 aromatic rings. The van der Waals surface area contributed by atoms with Gasteiger partial charge in [0.05, 0.1) is 29.6 Å². The van der Waals surface area contributed by atoms with Gasteiger partial charge in [0.2, 0.25) is 0 Å². The summed E-state index contributed by atoms with van der Waals surface area (Å²) in [5, 5.41) is 0. The predicted molar refractivity (Wildman–Crippen MR) is 144 cm³/mol. The average molecular weight is 544 g/mol. The summed E-state index contributed by atoms with van der Waals surface area (Å²) >= 11 is 1.54. The fourth-order valence-corrected chi connectivity index (χ4v) is 5.88. The maximum atomic E-state index is 13.4. The van der Waals surface area contributed by atoms with E-state index >= 15 is 0 Å². The molecule has 0 spiro atoms. The van der Waals surface area contributed by atoms with E-state index in [1.807, 2.05) is 24.3 Å². The lowest BCUT2D eigenvalue weighted by molar-refractivity contribution is -0.137. The molecule has 2 aliphatic rings. The van der Waals surface area contributed by atoms with Crippen molar-refractivity contribution in [3.63, 3.8) is 0 Å². The molecule has 0 N–H and O–H groups in total. The minimum atomic E-state index is -4.35. The number of fused-ring (bicyclic) bond motifs is 2. The van der Waals surface area contributed by atoms with Crippen LogP contribution in [0.1, 0.15) is 38.7 Å². The largest absolute Gasteiger partial charge is 0.416 e. The molecule has 0 unspecified atom stereocenters. The lowest BCUT2D eigenvalue weighted by Crippen LogP contribution is -2.47. The van der Waals surface area contributed by atoms with Gasteiger partial charge in [-0.2, -0.15) is 13.2 Å². The average Bonchev–Trinajstić information content (AvgIpc) is 2.86. The first-order valence-electron chi connectivity index (χ1n) is 12.7. The van der Waals surface area contributed by atoms with Crippen molar-refractivity contribution in [3.05, 3.63) is 48.0 Å². The van der Waals surface area contributed by atoms with Crippen molar-refractivity contribution in [1.29, 1.82) is 0 Å². The van der Waals surface area contributed by atoms with Gasteiger partial charge in [-0.1, -0.05) is 37.7 Å². The summed E-state index contributed by atoms with van der Waals surface area (Å²) in [6.07, 6.45) is -0.959. The van der Waals surface area contributed by atoms with E-state index < -0.39 is 11.7 Å². The predicted octanol–water partition coefficient (Wildman–Crippen LogP) is 6.94. The van der Waals surface area contributed by atoms with Gasteiger partial charge in [-0.15, -0.1) is 12.4 Å². The normalized spacial score (nSPS) is 16.6. The van der Waals surface area contributed by atoms with Crippen LogP contribution in [-0.2, 0) is 10.9 Å². The summed E-state index contributed by atoms with van der Waals surface area (Å²) in [4.78, 5) is 8.97. The smallest absolute Gasteiger partial charge is 0.377 e. The molecular weight excluding hydrogens is 507 g/mol. The first-order valence-corrected chi connectivity index (χ1v) is 13.5. The first-order chi connectivity index (χ1) is 16.9.